The number of alkyl halides is 6. The predicted octanol–water partition coefficient (Wildman–Crippen LogP) is 10.5. The second kappa shape index (κ2) is 21.1. The molecule has 1 N–H and O–H groups in total. The molecule has 2 aromatic heterocycles. The number of anilines is 2. The average molecular weight is 1050 g/mol. The molecule has 0 radical (unpaired) electrons. The number of halogens is 10. The Kier molecular flexibility index (Phi) is 16.4. The zero-order valence-corrected chi connectivity index (χ0v) is 39.2. The normalized spacial score (nSPS) is 11.9. The Morgan fingerprint density at radius 1 is 0.652 bits per heavy atom. The minimum atomic E-state index is -4.93. The van der Waals surface area contributed by atoms with E-state index in [0.717, 1.165) is 43.5 Å². The van der Waals surface area contributed by atoms with E-state index in [2.05, 4.69) is 14.7 Å². The van der Waals surface area contributed by atoms with Gasteiger partial charge < -0.3 is 14.2 Å². The van der Waals surface area contributed by atoms with Crippen LogP contribution in [0.1, 0.15) is 54.4 Å². The smallest absolute Gasteiger partial charge is 0.417 e. The van der Waals surface area contributed by atoms with Gasteiger partial charge in [0, 0.05) is 19.5 Å². The number of hydrogen-bond donors (Lipinski definition) is 1. The van der Waals surface area contributed by atoms with Gasteiger partial charge in [0.05, 0.1) is 56.6 Å². The molecule has 0 spiro atoms. The molecule has 0 bridgehead atoms. The van der Waals surface area contributed by atoms with Gasteiger partial charge in [-0.05, 0) is 97.8 Å². The summed E-state index contributed by atoms with van der Waals surface area (Å²) in [6.07, 6.45) is -7.31. The van der Waals surface area contributed by atoms with E-state index in [9.17, 15) is 61.5 Å². The summed E-state index contributed by atoms with van der Waals surface area (Å²) >= 11 is 11.2. The number of benzene rings is 4. The Balaban J connectivity index is 0.000000258. The molecule has 0 aliphatic carbocycles. The average Bonchev–Trinajstić information content (AvgIpc) is 3.27. The summed E-state index contributed by atoms with van der Waals surface area (Å²) in [5, 5.41) is -1.37. The molecule has 0 amide bonds. The number of hydrogen-bond acceptors (Lipinski definition) is 11. The van der Waals surface area contributed by atoms with E-state index in [1.165, 1.54) is 63.0 Å². The fourth-order valence-electron chi connectivity index (χ4n) is 6.26. The van der Waals surface area contributed by atoms with Crippen LogP contribution in [0.5, 0.6) is 11.5 Å². The van der Waals surface area contributed by atoms with Gasteiger partial charge in [0.2, 0.25) is 11.6 Å². The Morgan fingerprint density at radius 3 is 1.58 bits per heavy atom. The quantitative estimate of drug-likeness (QED) is 0.0625. The topological polar surface area (TPSA) is 171 Å². The van der Waals surface area contributed by atoms with Crippen molar-refractivity contribution in [2.75, 3.05) is 37.1 Å². The molecule has 25 heteroatoms. The molecule has 0 saturated heterocycles. The van der Waals surface area contributed by atoms with E-state index in [4.69, 9.17) is 37.4 Å². The highest BCUT2D eigenvalue weighted by Gasteiger charge is 2.38. The van der Waals surface area contributed by atoms with Gasteiger partial charge in [-0.1, -0.05) is 35.3 Å². The van der Waals surface area contributed by atoms with Crippen LogP contribution in [0.25, 0.3) is 0 Å². The van der Waals surface area contributed by atoms with Crippen LogP contribution >= 0.6 is 23.2 Å². The molecule has 366 valence electrons. The van der Waals surface area contributed by atoms with Crippen molar-refractivity contribution < 1.29 is 75.8 Å². The summed E-state index contributed by atoms with van der Waals surface area (Å²) < 4.78 is 179. The maximum absolute atomic E-state index is 14.6. The van der Waals surface area contributed by atoms with Crippen molar-refractivity contribution in [1.29, 1.82) is 0 Å². The van der Waals surface area contributed by atoms with Crippen LogP contribution in [-0.2, 0) is 37.1 Å². The Bertz CT molecular complexity index is 3180. The molecule has 6 rings (SSSR count). The summed E-state index contributed by atoms with van der Waals surface area (Å²) in [5.74, 6) is -4.10. The molecule has 0 aliphatic heterocycles. The summed E-state index contributed by atoms with van der Waals surface area (Å²) in [4.78, 5) is 32.8. The lowest BCUT2D eigenvalue weighted by Gasteiger charge is -2.26. The monoisotopic (exact) mass is 1050 g/mol. The van der Waals surface area contributed by atoms with E-state index in [-0.39, 0.29) is 22.9 Å². The fourth-order valence-corrected chi connectivity index (χ4v) is 9.20. The van der Waals surface area contributed by atoms with Crippen molar-refractivity contribution in [3.63, 3.8) is 0 Å². The van der Waals surface area contributed by atoms with Gasteiger partial charge >= 0.3 is 12.4 Å². The van der Waals surface area contributed by atoms with Crippen LogP contribution < -0.4 is 18.5 Å². The highest BCUT2D eigenvalue weighted by molar-refractivity contribution is 7.93. The van der Waals surface area contributed by atoms with Crippen LogP contribution in [0.4, 0.5) is 46.5 Å². The summed E-state index contributed by atoms with van der Waals surface area (Å²) in [5.41, 5.74) is -4.51. The number of ether oxygens (including phenoxy) is 3. The molecule has 4 aromatic carbocycles. The highest BCUT2D eigenvalue weighted by atomic mass is 35.5. The molecule has 13 nitrogen and oxygen atoms in total. The molecule has 0 atom stereocenters. The standard InChI is InChI=1S/C23H19ClF4N2O5S.C21H15ClF4N2O4S/c1-13-9-18(21(29-11-13)22(31)20-17(25)5-4-6-19(20)35-3)30(12-34-2)36(32,33)14-7-8-16(24)15(10-14)23(26,27)28;1-11-8-16(19(27-10-11)20(29)18-15(23)4-3-5-17(18)32-2)28-33(30,31)12-6-7-14(22)13(9-12)21(24,25)26/h4-11H,12H2,1-3H3;3-10,28H,1-2H3. The first-order chi connectivity index (χ1) is 32.2. The zero-order valence-electron chi connectivity index (χ0n) is 36.1. The van der Waals surface area contributed by atoms with Crippen molar-refractivity contribution >= 4 is 66.2 Å². The lowest BCUT2D eigenvalue weighted by atomic mass is 10.0. The van der Waals surface area contributed by atoms with Crippen molar-refractivity contribution in [1.82, 2.24) is 9.97 Å². The Hall–Kier alpha value is -6.40. The number of aryl methyl sites for hydroxylation is 2. The third-order valence-electron chi connectivity index (χ3n) is 9.45. The number of pyridine rings is 2. The van der Waals surface area contributed by atoms with Crippen LogP contribution in [-0.4, -0.2) is 66.4 Å². The SMILES string of the molecule is COCN(c1cc(C)cnc1C(=O)c1c(F)cccc1OC)S(=O)(=O)c1ccc(Cl)c(C(F)(F)F)c1.COc1cccc(F)c1C(=O)c1ncc(C)cc1NS(=O)(=O)c1ccc(Cl)c(C(F)(F)F)c1. The number of ketones is 2. The maximum Gasteiger partial charge on any atom is 0.417 e. The third-order valence-corrected chi connectivity index (χ3v) is 13.2. The third kappa shape index (κ3) is 11.9. The number of carbonyl (C=O) groups excluding carboxylic acids is 2. The highest BCUT2D eigenvalue weighted by Crippen LogP contribution is 2.39. The molecule has 6 aromatic rings. The molecule has 69 heavy (non-hydrogen) atoms. The maximum atomic E-state index is 14.6. The number of rotatable bonds is 14. The first kappa shape index (κ1) is 53.6. The molecular formula is C44H34Cl2F8N4O9S2. The number of nitrogens with zero attached hydrogens (tertiary/aromatic N) is 3. The minimum Gasteiger partial charge on any atom is -0.496 e. The van der Waals surface area contributed by atoms with Crippen LogP contribution in [0, 0.1) is 25.5 Å². The molecular weight excluding hydrogens is 1020 g/mol. The fraction of sp³-hybridized carbons (Fsp3) is 0.182. The van der Waals surface area contributed by atoms with E-state index >= 15 is 0 Å². The van der Waals surface area contributed by atoms with Gasteiger partial charge in [-0.25, -0.2) is 29.9 Å². The molecule has 2 heterocycles. The van der Waals surface area contributed by atoms with Crippen molar-refractivity contribution in [2.45, 2.75) is 36.0 Å². The van der Waals surface area contributed by atoms with Gasteiger partial charge in [0.25, 0.3) is 20.0 Å². The number of sulfonamides is 2. The second-order valence-corrected chi connectivity index (χ2v) is 18.6. The molecule has 0 aliphatic rings. The van der Waals surface area contributed by atoms with E-state index in [1.807, 2.05) is 0 Å². The number of carbonyl (C=O) groups is 2. The number of methoxy groups -OCH3 is 3. The molecule has 0 saturated carbocycles. The second-order valence-electron chi connectivity index (χ2n) is 14.2. The molecule has 0 fully saturated rings. The van der Waals surface area contributed by atoms with Gasteiger partial charge in [0.1, 0.15) is 52.4 Å². The van der Waals surface area contributed by atoms with Gasteiger partial charge in [0.15, 0.2) is 0 Å². The largest absolute Gasteiger partial charge is 0.496 e. The number of aromatic nitrogens is 2. The number of nitrogens with one attached hydrogen (secondary N) is 1. The van der Waals surface area contributed by atoms with E-state index < -0.39 is 116 Å². The van der Waals surface area contributed by atoms with Crippen LogP contribution in [0.15, 0.2) is 107 Å². The van der Waals surface area contributed by atoms with Crippen LogP contribution in [0.3, 0.4) is 0 Å². The molecule has 0 unspecified atom stereocenters. The Morgan fingerprint density at radius 2 is 1.10 bits per heavy atom. The summed E-state index contributed by atoms with van der Waals surface area (Å²) in [6, 6.07) is 13.9. The van der Waals surface area contributed by atoms with Gasteiger partial charge in [-0.15, -0.1) is 0 Å². The summed E-state index contributed by atoms with van der Waals surface area (Å²) in [7, 11) is -5.80. The van der Waals surface area contributed by atoms with Crippen molar-refractivity contribution in [3.05, 3.63) is 164 Å². The predicted molar refractivity (Wildman–Crippen MR) is 236 cm³/mol. The summed E-state index contributed by atoms with van der Waals surface area (Å²) in [6.45, 7) is 2.40. The van der Waals surface area contributed by atoms with E-state index in [1.54, 1.807) is 13.8 Å². The minimum absolute atomic E-state index is 0.108. The lowest BCUT2D eigenvalue weighted by molar-refractivity contribution is -0.138. The van der Waals surface area contributed by atoms with E-state index in [0.29, 0.717) is 27.6 Å². The van der Waals surface area contributed by atoms with Gasteiger partial charge in [-0.2, -0.15) is 26.3 Å². The first-order valence-electron chi connectivity index (χ1n) is 19.1. The lowest BCUT2D eigenvalue weighted by Crippen LogP contribution is -2.34. The van der Waals surface area contributed by atoms with Crippen molar-refractivity contribution in [2.24, 2.45) is 0 Å². The van der Waals surface area contributed by atoms with Gasteiger partial charge in [-0.3, -0.25) is 24.3 Å². The van der Waals surface area contributed by atoms with Crippen molar-refractivity contribution in [3.8, 4) is 11.5 Å². The zero-order chi connectivity index (χ0) is 51.4. The Labute approximate surface area is 398 Å². The van der Waals surface area contributed by atoms with Crippen LogP contribution in [0.2, 0.25) is 10.0 Å². The first-order valence-corrected chi connectivity index (χ1v) is 22.8.